The third-order valence-electron chi connectivity index (χ3n) is 3.22. The van der Waals surface area contributed by atoms with Crippen molar-refractivity contribution in [2.75, 3.05) is 25.0 Å². The van der Waals surface area contributed by atoms with Gasteiger partial charge in [-0.25, -0.2) is 4.39 Å². The van der Waals surface area contributed by atoms with Crippen molar-refractivity contribution in [1.82, 2.24) is 4.90 Å². The number of likely N-dealkylation sites (tertiary alicyclic amines) is 1. The fourth-order valence-corrected chi connectivity index (χ4v) is 2.40. The van der Waals surface area contributed by atoms with Crippen LogP contribution in [0.4, 0.5) is 10.1 Å². The second-order valence-corrected chi connectivity index (χ2v) is 5.11. The maximum Gasteiger partial charge on any atom is 0.238 e. The van der Waals surface area contributed by atoms with E-state index in [0.29, 0.717) is 13.1 Å². The number of rotatable bonds is 3. The fraction of sp³-hybridized carbons (Fsp3) is 0.500. The molecule has 1 aliphatic heterocycles. The van der Waals surface area contributed by atoms with Gasteiger partial charge in [-0.15, -0.1) is 0 Å². The van der Waals surface area contributed by atoms with E-state index in [0.717, 1.165) is 16.8 Å². The Morgan fingerprint density at radius 1 is 1.33 bits per heavy atom. The normalized spacial score (nSPS) is 16.4. The molecule has 1 aromatic rings. The van der Waals surface area contributed by atoms with E-state index in [9.17, 15) is 9.18 Å². The number of benzene rings is 1. The zero-order valence-electron chi connectivity index (χ0n) is 11.1. The zero-order chi connectivity index (χ0) is 13.3. The highest BCUT2D eigenvalue weighted by molar-refractivity contribution is 5.93. The molecular formula is C14H19FN2O. The fourth-order valence-electron chi connectivity index (χ4n) is 2.40. The molecule has 1 saturated heterocycles. The van der Waals surface area contributed by atoms with Crippen LogP contribution in [0.25, 0.3) is 0 Å². The summed E-state index contributed by atoms with van der Waals surface area (Å²) in [4.78, 5) is 13.6. The van der Waals surface area contributed by atoms with Gasteiger partial charge in [-0.05, 0) is 31.9 Å². The highest BCUT2D eigenvalue weighted by Gasteiger charge is 2.27. The molecule has 0 atom stereocenters. The molecule has 0 saturated carbocycles. The molecule has 0 bridgehead atoms. The molecule has 1 aliphatic rings. The Balaban J connectivity index is 1.98. The molecule has 98 valence electrons. The van der Waals surface area contributed by atoms with E-state index in [2.05, 4.69) is 5.32 Å². The van der Waals surface area contributed by atoms with Crippen LogP contribution >= 0.6 is 0 Å². The Morgan fingerprint density at radius 3 is 2.39 bits per heavy atom. The minimum Gasteiger partial charge on any atom is -0.324 e. The molecule has 1 fully saturated rings. The number of carbonyl (C=O) groups is 1. The molecule has 0 radical (unpaired) electrons. The van der Waals surface area contributed by atoms with E-state index in [-0.39, 0.29) is 12.5 Å². The lowest BCUT2D eigenvalue weighted by Gasteiger charge is -2.33. The van der Waals surface area contributed by atoms with Crippen LogP contribution in [0, 0.1) is 20.8 Å². The van der Waals surface area contributed by atoms with Crippen LogP contribution in [0.2, 0.25) is 0 Å². The van der Waals surface area contributed by atoms with Gasteiger partial charge in [-0.2, -0.15) is 0 Å². The minimum atomic E-state index is -0.763. The van der Waals surface area contributed by atoms with E-state index in [1.165, 1.54) is 5.56 Å². The minimum absolute atomic E-state index is 0.0723. The van der Waals surface area contributed by atoms with E-state index in [1.54, 1.807) is 4.90 Å². The number of nitrogens with zero attached hydrogens (tertiary/aromatic N) is 1. The Kier molecular flexibility index (Phi) is 3.66. The van der Waals surface area contributed by atoms with Gasteiger partial charge in [-0.3, -0.25) is 9.69 Å². The number of nitrogens with one attached hydrogen (secondary N) is 1. The van der Waals surface area contributed by atoms with Gasteiger partial charge in [0.15, 0.2) is 0 Å². The van der Waals surface area contributed by atoms with Crippen molar-refractivity contribution >= 4 is 11.6 Å². The van der Waals surface area contributed by atoms with Crippen LogP contribution < -0.4 is 5.32 Å². The van der Waals surface area contributed by atoms with Crippen LogP contribution in [-0.2, 0) is 4.79 Å². The summed E-state index contributed by atoms with van der Waals surface area (Å²) >= 11 is 0. The third-order valence-corrected chi connectivity index (χ3v) is 3.22. The molecule has 0 aromatic heterocycles. The van der Waals surface area contributed by atoms with Crippen LogP contribution in [0.3, 0.4) is 0 Å². The summed E-state index contributed by atoms with van der Waals surface area (Å²) in [6.45, 7) is 7.02. The number of hydrogen-bond donors (Lipinski definition) is 1. The van der Waals surface area contributed by atoms with Gasteiger partial charge >= 0.3 is 0 Å². The largest absolute Gasteiger partial charge is 0.324 e. The van der Waals surface area contributed by atoms with Gasteiger partial charge in [0.25, 0.3) is 0 Å². The molecule has 3 nitrogen and oxygen atoms in total. The standard InChI is InChI=1S/C14H19FN2O/c1-9-4-10(2)14(11(3)5-9)16-13(18)8-17-6-12(15)7-17/h4-5,12H,6-8H2,1-3H3,(H,16,18). The van der Waals surface area contributed by atoms with Gasteiger partial charge in [0.05, 0.1) is 6.54 Å². The first-order valence-electron chi connectivity index (χ1n) is 6.20. The van der Waals surface area contributed by atoms with Crippen LogP contribution in [-0.4, -0.2) is 36.6 Å². The van der Waals surface area contributed by atoms with Gasteiger partial charge in [0.2, 0.25) is 5.91 Å². The van der Waals surface area contributed by atoms with Crippen molar-refractivity contribution < 1.29 is 9.18 Å². The lowest BCUT2D eigenvalue weighted by Crippen LogP contribution is -2.51. The molecule has 1 N–H and O–H groups in total. The van der Waals surface area contributed by atoms with Crippen molar-refractivity contribution in [1.29, 1.82) is 0 Å². The maximum atomic E-state index is 12.6. The average molecular weight is 250 g/mol. The monoisotopic (exact) mass is 250 g/mol. The van der Waals surface area contributed by atoms with Crippen molar-refractivity contribution in [3.05, 3.63) is 28.8 Å². The summed E-state index contributed by atoms with van der Waals surface area (Å²) in [5.74, 6) is -0.0723. The molecule has 2 rings (SSSR count). The van der Waals surface area contributed by atoms with Crippen LogP contribution in [0.1, 0.15) is 16.7 Å². The molecule has 18 heavy (non-hydrogen) atoms. The number of halogens is 1. The molecule has 1 aromatic carbocycles. The quantitative estimate of drug-likeness (QED) is 0.892. The maximum absolute atomic E-state index is 12.6. The summed E-state index contributed by atoms with van der Waals surface area (Å²) in [7, 11) is 0. The summed E-state index contributed by atoms with van der Waals surface area (Å²) in [6.07, 6.45) is -0.763. The Bertz CT molecular complexity index is 444. The third kappa shape index (κ3) is 2.88. The first-order chi connectivity index (χ1) is 8.45. The second-order valence-electron chi connectivity index (χ2n) is 5.11. The van der Waals surface area contributed by atoms with Crippen LogP contribution in [0.5, 0.6) is 0 Å². The molecular weight excluding hydrogens is 231 g/mol. The molecule has 1 amide bonds. The molecule has 1 heterocycles. The first kappa shape index (κ1) is 13.0. The van der Waals surface area contributed by atoms with Crippen LogP contribution in [0.15, 0.2) is 12.1 Å². The van der Waals surface area contributed by atoms with Crippen molar-refractivity contribution in [2.24, 2.45) is 0 Å². The van der Waals surface area contributed by atoms with Gasteiger partial charge < -0.3 is 5.32 Å². The number of alkyl halides is 1. The van der Waals surface area contributed by atoms with E-state index in [4.69, 9.17) is 0 Å². The number of aryl methyl sites for hydroxylation is 3. The Hall–Kier alpha value is -1.42. The second kappa shape index (κ2) is 5.06. The summed E-state index contributed by atoms with van der Waals surface area (Å²) in [6, 6.07) is 4.09. The van der Waals surface area contributed by atoms with E-state index >= 15 is 0 Å². The number of hydrogen-bond acceptors (Lipinski definition) is 2. The van der Waals surface area contributed by atoms with E-state index in [1.807, 2.05) is 32.9 Å². The summed E-state index contributed by atoms with van der Waals surface area (Å²) < 4.78 is 12.6. The number of amides is 1. The lowest BCUT2D eigenvalue weighted by atomic mass is 10.1. The van der Waals surface area contributed by atoms with Gasteiger partial charge in [-0.1, -0.05) is 17.7 Å². The Labute approximate surface area is 107 Å². The van der Waals surface area contributed by atoms with Crippen molar-refractivity contribution in [2.45, 2.75) is 26.9 Å². The number of carbonyl (C=O) groups excluding carboxylic acids is 1. The SMILES string of the molecule is Cc1cc(C)c(NC(=O)CN2CC(F)C2)c(C)c1. The van der Waals surface area contributed by atoms with Crippen molar-refractivity contribution in [3.8, 4) is 0 Å². The predicted molar refractivity (Wildman–Crippen MR) is 70.6 cm³/mol. The predicted octanol–water partition coefficient (Wildman–Crippen LogP) is 2.20. The molecule has 0 spiro atoms. The average Bonchev–Trinajstić information content (AvgIpc) is 2.21. The topological polar surface area (TPSA) is 32.3 Å². The highest BCUT2D eigenvalue weighted by atomic mass is 19.1. The lowest BCUT2D eigenvalue weighted by molar-refractivity contribution is -0.119. The smallest absolute Gasteiger partial charge is 0.238 e. The summed E-state index contributed by atoms with van der Waals surface area (Å²) in [5, 5.41) is 2.92. The summed E-state index contributed by atoms with van der Waals surface area (Å²) in [5.41, 5.74) is 4.19. The molecule has 4 heteroatoms. The highest BCUT2D eigenvalue weighted by Crippen LogP contribution is 2.22. The van der Waals surface area contributed by atoms with Crippen molar-refractivity contribution in [3.63, 3.8) is 0 Å². The molecule has 0 unspecified atom stereocenters. The van der Waals surface area contributed by atoms with E-state index < -0.39 is 6.17 Å². The first-order valence-corrected chi connectivity index (χ1v) is 6.20. The molecule has 0 aliphatic carbocycles. The van der Waals surface area contributed by atoms with Gasteiger partial charge in [0, 0.05) is 18.8 Å². The zero-order valence-corrected chi connectivity index (χ0v) is 11.1. The Morgan fingerprint density at radius 2 is 1.89 bits per heavy atom. The number of anilines is 1. The van der Waals surface area contributed by atoms with Gasteiger partial charge in [0.1, 0.15) is 6.17 Å².